The molecule has 1 aromatic rings. The van der Waals surface area contributed by atoms with Crippen molar-refractivity contribution in [3.63, 3.8) is 0 Å². The maximum absolute atomic E-state index is 6.05. The molecule has 3 rings (SSSR count). The summed E-state index contributed by atoms with van der Waals surface area (Å²) < 4.78 is 2.14. The number of hydrogen-bond acceptors (Lipinski definition) is 4. The van der Waals surface area contributed by atoms with Crippen LogP contribution in [0.3, 0.4) is 0 Å². The molecular weight excluding hydrogens is 250 g/mol. The Morgan fingerprint density at radius 2 is 1.70 bits per heavy atom. The third-order valence-electron chi connectivity index (χ3n) is 4.86. The van der Waals surface area contributed by atoms with E-state index >= 15 is 0 Å². The van der Waals surface area contributed by atoms with Gasteiger partial charge in [0.15, 0.2) is 5.82 Å². The SMILES string of the molecule is Nc1nnn(C2CCCCC2)c1CCN1CCCCC1. The van der Waals surface area contributed by atoms with E-state index in [-0.39, 0.29) is 0 Å². The summed E-state index contributed by atoms with van der Waals surface area (Å²) in [6.45, 7) is 3.58. The zero-order valence-corrected chi connectivity index (χ0v) is 12.4. The first-order valence-electron chi connectivity index (χ1n) is 8.26. The van der Waals surface area contributed by atoms with E-state index < -0.39 is 0 Å². The largest absolute Gasteiger partial charge is 0.381 e. The number of nitrogens with two attached hydrogens (primary N) is 1. The Kier molecular flexibility index (Phi) is 4.55. The molecule has 0 atom stereocenters. The average Bonchev–Trinajstić information content (AvgIpc) is 2.88. The highest BCUT2D eigenvalue weighted by atomic mass is 15.5. The molecule has 2 heterocycles. The van der Waals surface area contributed by atoms with Gasteiger partial charge in [-0.3, -0.25) is 0 Å². The second-order valence-electron chi connectivity index (χ2n) is 6.31. The molecule has 112 valence electrons. The van der Waals surface area contributed by atoms with Gasteiger partial charge in [0, 0.05) is 13.0 Å². The lowest BCUT2D eigenvalue weighted by Gasteiger charge is -2.27. The molecule has 1 aliphatic heterocycles. The molecule has 0 amide bonds. The van der Waals surface area contributed by atoms with Crippen LogP contribution in [0, 0.1) is 0 Å². The monoisotopic (exact) mass is 277 g/mol. The average molecular weight is 277 g/mol. The molecular formula is C15H27N5. The van der Waals surface area contributed by atoms with Gasteiger partial charge in [0.2, 0.25) is 0 Å². The van der Waals surface area contributed by atoms with Crippen LogP contribution < -0.4 is 5.73 Å². The van der Waals surface area contributed by atoms with Crippen molar-refractivity contribution in [3.8, 4) is 0 Å². The molecule has 0 bridgehead atoms. The molecule has 5 heteroatoms. The van der Waals surface area contributed by atoms with E-state index in [2.05, 4.69) is 19.9 Å². The number of anilines is 1. The normalized spacial score (nSPS) is 22.2. The number of aromatic nitrogens is 3. The van der Waals surface area contributed by atoms with E-state index in [1.807, 2.05) is 0 Å². The Hall–Kier alpha value is -1.10. The van der Waals surface area contributed by atoms with Crippen molar-refractivity contribution >= 4 is 5.82 Å². The second-order valence-corrected chi connectivity index (χ2v) is 6.31. The Balaban J connectivity index is 1.63. The van der Waals surface area contributed by atoms with E-state index in [1.54, 1.807) is 0 Å². The Morgan fingerprint density at radius 3 is 2.45 bits per heavy atom. The summed E-state index contributed by atoms with van der Waals surface area (Å²) in [5.74, 6) is 0.646. The summed E-state index contributed by atoms with van der Waals surface area (Å²) in [5.41, 5.74) is 7.22. The molecule has 1 saturated heterocycles. The van der Waals surface area contributed by atoms with Crippen molar-refractivity contribution < 1.29 is 0 Å². The first-order chi connectivity index (χ1) is 9.84. The number of piperidine rings is 1. The summed E-state index contributed by atoms with van der Waals surface area (Å²) >= 11 is 0. The van der Waals surface area contributed by atoms with E-state index in [4.69, 9.17) is 5.73 Å². The van der Waals surface area contributed by atoms with E-state index in [0.717, 1.165) is 13.0 Å². The summed E-state index contributed by atoms with van der Waals surface area (Å²) in [5, 5.41) is 8.45. The fourth-order valence-corrected chi connectivity index (χ4v) is 3.63. The number of nitrogens with zero attached hydrogens (tertiary/aromatic N) is 4. The highest BCUT2D eigenvalue weighted by Crippen LogP contribution is 2.29. The molecule has 2 N–H and O–H groups in total. The predicted octanol–water partition coefficient (Wildman–Crippen LogP) is 2.39. The smallest absolute Gasteiger partial charge is 0.169 e. The summed E-state index contributed by atoms with van der Waals surface area (Å²) in [6, 6.07) is 0.532. The molecule has 20 heavy (non-hydrogen) atoms. The van der Waals surface area contributed by atoms with Gasteiger partial charge in [0.05, 0.1) is 11.7 Å². The van der Waals surface area contributed by atoms with Gasteiger partial charge in [0.1, 0.15) is 0 Å². The zero-order valence-electron chi connectivity index (χ0n) is 12.4. The second kappa shape index (κ2) is 6.57. The van der Waals surface area contributed by atoms with Gasteiger partial charge in [-0.05, 0) is 38.8 Å². The van der Waals surface area contributed by atoms with Crippen molar-refractivity contribution in [2.45, 2.75) is 63.8 Å². The van der Waals surface area contributed by atoms with Gasteiger partial charge in [-0.1, -0.05) is 30.9 Å². The number of nitrogen functional groups attached to an aromatic ring is 1. The molecule has 1 aromatic heterocycles. The van der Waals surface area contributed by atoms with Gasteiger partial charge >= 0.3 is 0 Å². The van der Waals surface area contributed by atoms with Crippen molar-refractivity contribution in [1.82, 2.24) is 19.9 Å². The van der Waals surface area contributed by atoms with Gasteiger partial charge in [-0.2, -0.15) is 0 Å². The summed E-state index contributed by atoms with van der Waals surface area (Å²) in [4.78, 5) is 2.56. The fourth-order valence-electron chi connectivity index (χ4n) is 3.63. The Morgan fingerprint density at radius 1 is 1.00 bits per heavy atom. The van der Waals surface area contributed by atoms with Gasteiger partial charge in [0.25, 0.3) is 0 Å². The number of rotatable bonds is 4. The predicted molar refractivity (Wildman–Crippen MR) is 80.6 cm³/mol. The lowest BCUT2D eigenvalue weighted by atomic mass is 9.95. The van der Waals surface area contributed by atoms with Crippen molar-refractivity contribution in [1.29, 1.82) is 0 Å². The van der Waals surface area contributed by atoms with E-state index in [0.29, 0.717) is 11.9 Å². The van der Waals surface area contributed by atoms with Crippen LogP contribution in [0.5, 0.6) is 0 Å². The minimum absolute atomic E-state index is 0.532. The van der Waals surface area contributed by atoms with Gasteiger partial charge in [-0.25, -0.2) is 4.68 Å². The summed E-state index contributed by atoms with van der Waals surface area (Å²) in [7, 11) is 0. The molecule has 0 radical (unpaired) electrons. The van der Waals surface area contributed by atoms with Crippen LogP contribution in [0.4, 0.5) is 5.82 Å². The molecule has 1 saturated carbocycles. The maximum Gasteiger partial charge on any atom is 0.169 e. The quantitative estimate of drug-likeness (QED) is 0.918. The van der Waals surface area contributed by atoms with Crippen molar-refractivity contribution in [2.75, 3.05) is 25.4 Å². The van der Waals surface area contributed by atoms with Crippen LogP contribution in [-0.2, 0) is 6.42 Å². The van der Waals surface area contributed by atoms with Crippen LogP contribution >= 0.6 is 0 Å². The molecule has 2 fully saturated rings. The number of likely N-dealkylation sites (tertiary alicyclic amines) is 1. The van der Waals surface area contributed by atoms with Crippen LogP contribution in [0.15, 0.2) is 0 Å². The minimum atomic E-state index is 0.532. The molecule has 2 aliphatic rings. The lowest BCUT2D eigenvalue weighted by molar-refractivity contribution is 0.228. The van der Waals surface area contributed by atoms with E-state index in [1.165, 1.54) is 70.2 Å². The Bertz CT molecular complexity index is 416. The fraction of sp³-hybridized carbons (Fsp3) is 0.867. The molecule has 1 aliphatic carbocycles. The first-order valence-corrected chi connectivity index (χ1v) is 8.26. The van der Waals surface area contributed by atoms with E-state index in [9.17, 15) is 0 Å². The molecule has 0 aromatic carbocycles. The van der Waals surface area contributed by atoms with Crippen LogP contribution in [0.1, 0.15) is 63.1 Å². The highest BCUT2D eigenvalue weighted by Gasteiger charge is 2.21. The summed E-state index contributed by atoms with van der Waals surface area (Å²) in [6.07, 6.45) is 11.5. The van der Waals surface area contributed by atoms with Crippen LogP contribution in [0.25, 0.3) is 0 Å². The standard InChI is InChI=1S/C15H27N5/c16-15-14(9-12-19-10-5-2-6-11-19)20(18-17-15)13-7-3-1-4-8-13/h13H,1-12,16H2. The molecule has 0 unspecified atom stereocenters. The van der Waals surface area contributed by atoms with Crippen molar-refractivity contribution in [3.05, 3.63) is 5.69 Å². The first kappa shape index (κ1) is 13.9. The third-order valence-corrected chi connectivity index (χ3v) is 4.86. The van der Waals surface area contributed by atoms with Crippen molar-refractivity contribution in [2.24, 2.45) is 0 Å². The lowest BCUT2D eigenvalue weighted by Crippen LogP contribution is -2.32. The topological polar surface area (TPSA) is 60.0 Å². The van der Waals surface area contributed by atoms with Crippen LogP contribution in [-0.4, -0.2) is 39.5 Å². The van der Waals surface area contributed by atoms with Crippen LogP contribution in [0.2, 0.25) is 0 Å². The number of hydrogen-bond donors (Lipinski definition) is 1. The maximum atomic E-state index is 6.05. The third kappa shape index (κ3) is 3.14. The highest BCUT2D eigenvalue weighted by molar-refractivity contribution is 5.33. The van der Waals surface area contributed by atoms with Gasteiger partial charge < -0.3 is 10.6 Å². The zero-order chi connectivity index (χ0) is 13.8. The molecule has 0 spiro atoms. The molecule has 5 nitrogen and oxygen atoms in total. The Labute approximate surface area is 121 Å². The van der Waals surface area contributed by atoms with Gasteiger partial charge in [-0.15, -0.1) is 5.10 Å². The minimum Gasteiger partial charge on any atom is -0.381 e.